The molecule has 4 nitrogen and oxygen atoms in total. The van der Waals surface area contributed by atoms with E-state index in [0.29, 0.717) is 12.5 Å². The highest BCUT2D eigenvalue weighted by Gasteiger charge is 2.31. The molecule has 3 N–H and O–H groups in total. The molecule has 1 aromatic carbocycles. The lowest BCUT2D eigenvalue weighted by molar-refractivity contribution is -0.124. The highest BCUT2D eigenvalue weighted by molar-refractivity contribution is 5.81. The third-order valence-corrected chi connectivity index (χ3v) is 3.70. The molecule has 0 spiro atoms. The molecule has 2 rings (SSSR count). The van der Waals surface area contributed by atoms with Gasteiger partial charge in [-0.3, -0.25) is 4.79 Å². The van der Waals surface area contributed by atoms with Crippen LogP contribution in [0, 0.1) is 0 Å². The number of hydrogen-bond acceptors (Lipinski definition) is 3. The molecular weight excluding hydrogens is 240 g/mol. The van der Waals surface area contributed by atoms with E-state index >= 15 is 0 Å². The Morgan fingerprint density at radius 2 is 2.11 bits per heavy atom. The summed E-state index contributed by atoms with van der Waals surface area (Å²) < 4.78 is 5.18. The first-order valence-corrected chi connectivity index (χ1v) is 6.81. The highest BCUT2D eigenvalue weighted by Crippen LogP contribution is 2.22. The molecule has 19 heavy (non-hydrogen) atoms. The lowest BCUT2D eigenvalue weighted by Gasteiger charge is -2.35. The molecule has 1 fully saturated rings. The molecule has 1 aliphatic carbocycles. The van der Waals surface area contributed by atoms with Crippen molar-refractivity contribution in [3.8, 4) is 0 Å². The first-order valence-electron chi connectivity index (χ1n) is 6.81. The van der Waals surface area contributed by atoms with Crippen molar-refractivity contribution in [3.63, 3.8) is 0 Å². The molecule has 0 saturated heterocycles. The molecule has 0 aromatic heterocycles. The predicted octanol–water partition coefficient (Wildman–Crippen LogP) is 1.24. The summed E-state index contributed by atoms with van der Waals surface area (Å²) in [4.78, 5) is 11.9. The summed E-state index contributed by atoms with van der Waals surface area (Å²) in [6, 6.07) is 9.90. The maximum Gasteiger partial charge on any atom is 0.237 e. The minimum atomic E-state index is -0.429. The third-order valence-electron chi connectivity index (χ3n) is 3.70. The van der Waals surface area contributed by atoms with Gasteiger partial charge in [0.2, 0.25) is 5.91 Å². The zero-order valence-electron chi connectivity index (χ0n) is 11.3. The van der Waals surface area contributed by atoms with Crippen LogP contribution in [0.15, 0.2) is 30.3 Å². The second-order valence-corrected chi connectivity index (χ2v) is 5.17. The van der Waals surface area contributed by atoms with Crippen molar-refractivity contribution < 1.29 is 9.53 Å². The van der Waals surface area contributed by atoms with Gasteiger partial charge in [-0.2, -0.15) is 0 Å². The molecule has 1 aromatic rings. The summed E-state index contributed by atoms with van der Waals surface area (Å²) in [5.41, 5.74) is 7.13. The van der Waals surface area contributed by atoms with Crippen LogP contribution in [0.3, 0.4) is 0 Å². The van der Waals surface area contributed by atoms with Gasteiger partial charge in [-0.1, -0.05) is 30.3 Å². The van der Waals surface area contributed by atoms with Crippen LogP contribution in [-0.4, -0.2) is 31.2 Å². The van der Waals surface area contributed by atoms with Crippen LogP contribution in [0.5, 0.6) is 0 Å². The van der Waals surface area contributed by atoms with Gasteiger partial charge in [-0.25, -0.2) is 0 Å². The van der Waals surface area contributed by atoms with E-state index < -0.39 is 6.04 Å². The van der Waals surface area contributed by atoms with Crippen LogP contribution >= 0.6 is 0 Å². The zero-order chi connectivity index (χ0) is 13.7. The average Bonchev–Trinajstić information content (AvgIpc) is 2.40. The number of benzene rings is 1. The summed E-state index contributed by atoms with van der Waals surface area (Å²) in [6.45, 7) is 0. The SMILES string of the molecule is COC1CC(NC(=O)C(N)CCc2ccccc2)C1. The number of amides is 1. The van der Waals surface area contributed by atoms with E-state index in [-0.39, 0.29) is 11.9 Å². The van der Waals surface area contributed by atoms with Crippen LogP contribution in [0.2, 0.25) is 0 Å². The minimum absolute atomic E-state index is 0.0458. The zero-order valence-corrected chi connectivity index (χ0v) is 11.3. The smallest absolute Gasteiger partial charge is 0.237 e. The number of methoxy groups -OCH3 is 1. The Bertz CT molecular complexity index is 402. The average molecular weight is 262 g/mol. The van der Waals surface area contributed by atoms with Crippen molar-refractivity contribution >= 4 is 5.91 Å². The van der Waals surface area contributed by atoms with Crippen LogP contribution in [0.4, 0.5) is 0 Å². The molecule has 0 aliphatic heterocycles. The molecule has 0 heterocycles. The van der Waals surface area contributed by atoms with Crippen molar-refractivity contribution in [1.29, 1.82) is 0 Å². The summed E-state index contributed by atoms with van der Waals surface area (Å²) in [5, 5.41) is 2.97. The maximum absolute atomic E-state index is 11.9. The van der Waals surface area contributed by atoms with E-state index in [0.717, 1.165) is 19.3 Å². The van der Waals surface area contributed by atoms with E-state index in [1.165, 1.54) is 5.56 Å². The van der Waals surface area contributed by atoms with Crippen molar-refractivity contribution in [2.75, 3.05) is 7.11 Å². The second kappa shape index (κ2) is 6.68. The molecular formula is C15H22N2O2. The number of ether oxygens (including phenoxy) is 1. The number of carbonyl (C=O) groups excluding carboxylic acids is 1. The molecule has 1 aliphatic rings. The van der Waals surface area contributed by atoms with Crippen molar-refractivity contribution in [3.05, 3.63) is 35.9 Å². The van der Waals surface area contributed by atoms with E-state index in [2.05, 4.69) is 17.4 Å². The lowest BCUT2D eigenvalue weighted by atomic mass is 9.89. The van der Waals surface area contributed by atoms with E-state index in [9.17, 15) is 4.79 Å². The Morgan fingerprint density at radius 3 is 2.74 bits per heavy atom. The molecule has 1 saturated carbocycles. The second-order valence-electron chi connectivity index (χ2n) is 5.17. The quantitative estimate of drug-likeness (QED) is 0.810. The molecule has 1 amide bonds. The van der Waals surface area contributed by atoms with Gasteiger partial charge >= 0.3 is 0 Å². The van der Waals surface area contributed by atoms with Gasteiger partial charge < -0.3 is 15.8 Å². The molecule has 0 radical (unpaired) electrons. The Morgan fingerprint density at radius 1 is 1.42 bits per heavy atom. The molecule has 1 unspecified atom stereocenters. The number of aryl methyl sites for hydroxylation is 1. The van der Waals surface area contributed by atoms with Crippen LogP contribution in [-0.2, 0) is 16.0 Å². The lowest BCUT2D eigenvalue weighted by Crippen LogP contribution is -2.52. The molecule has 0 bridgehead atoms. The summed E-state index contributed by atoms with van der Waals surface area (Å²) in [7, 11) is 1.70. The van der Waals surface area contributed by atoms with Gasteiger partial charge in [-0.05, 0) is 31.2 Å². The van der Waals surface area contributed by atoms with Crippen molar-refractivity contribution in [1.82, 2.24) is 5.32 Å². The Labute approximate surface area is 114 Å². The van der Waals surface area contributed by atoms with Crippen LogP contribution < -0.4 is 11.1 Å². The van der Waals surface area contributed by atoms with Gasteiger partial charge in [0.05, 0.1) is 12.1 Å². The molecule has 4 heteroatoms. The maximum atomic E-state index is 11.9. The van der Waals surface area contributed by atoms with E-state index in [1.807, 2.05) is 18.2 Å². The molecule has 1 atom stereocenters. The number of carbonyl (C=O) groups is 1. The number of nitrogens with two attached hydrogens (primary N) is 1. The van der Waals surface area contributed by atoms with Gasteiger partial charge in [-0.15, -0.1) is 0 Å². The Kier molecular flexibility index (Phi) is 4.93. The summed E-state index contributed by atoms with van der Waals surface area (Å²) in [6.07, 6.45) is 3.60. The van der Waals surface area contributed by atoms with Gasteiger partial charge in [0.15, 0.2) is 0 Å². The Hall–Kier alpha value is -1.39. The van der Waals surface area contributed by atoms with E-state index in [1.54, 1.807) is 7.11 Å². The third kappa shape index (κ3) is 4.04. The number of hydrogen-bond donors (Lipinski definition) is 2. The first kappa shape index (κ1) is 14.0. The number of rotatable bonds is 6. The standard InChI is InChI=1S/C15H22N2O2/c1-19-13-9-12(10-13)17-15(18)14(16)8-7-11-5-3-2-4-6-11/h2-6,12-14H,7-10,16H2,1H3,(H,17,18). The van der Waals surface area contributed by atoms with Crippen LogP contribution in [0.1, 0.15) is 24.8 Å². The van der Waals surface area contributed by atoms with Crippen LogP contribution in [0.25, 0.3) is 0 Å². The Balaban J connectivity index is 1.68. The summed E-state index contributed by atoms with van der Waals surface area (Å²) in [5.74, 6) is -0.0458. The summed E-state index contributed by atoms with van der Waals surface area (Å²) >= 11 is 0. The monoisotopic (exact) mass is 262 g/mol. The number of nitrogens with one attached hydrogen (secondary N) is 1. The van der Waals surface area contributed by atoms with E-state index in [4.69, 9.17) is 10.5 Å². The fraction of sp³-hybridized carbons (Fsp3) is 0.533. The van der Waals surface area contributed by atoms with Gasteiger partial charge in [0, 0.05) is 13.2 Å². The normalized spacial score (nSPS) is 23.5. The predicted molar refractivity (Wildman–Crippen MR) is 74.7 cm³/mol. The van der Waals surface area contributed by atoms with Crippen molar-refractivity contribution in [2.24, 2.45) is 5.73 Å². The van der Waals surface area contributed by atoms with Gasteiger partial charge in [0.25, 0.3) is 0 Å². The van der Waals surface area contributed by atoms with Crippen molar-refractivity contribution in [2.45, 2.75) is 43.9 Å². The van der Waals surface area contributed by atoms with Gasteiger partial charge in [0.1, 0.15) is 0 Å². The minimum Gasteiger partial charge on any atom is -0.381 e. The topological polar surface area (TPSA) is 64.3 Å². The first-order chi connectivity index (χ1) is 9.19. The fourth-order valence-corrected chi connectivity index (χ4v) is 2.28. The highest BCUT2D eigenvalue weighted by atomic mass is 16.5. The fourth-order valence-electron chi connectivity index (χ4n) is 2.28. The largest absolute Gasteiger partial charge is 0.381 e. The molecule has 104 valence electrons.